The minimum absolute atomic E-state index is 0.632. The molecule has 5 nitrogen and oxygen atoms in total. The van der Waals surface area contributed by atoms with E-state index in [4.69, 9.17) is 24.9 Å². The van der Waals surface area contributed by atoms with Crippen LogP contribution in [0.4, 0.5) is 0 Å². The number of allylic oxidation sites excluding steroid dienone is 8. The first kappa shape index (κ1) is 36.7. The predicted molar refractivity (Wildman–Crippen MR) is 246 cm³/mol. The third-order valence-electron chi connectivity index (χ3n) is 11.0. The van der Waals surface area contributed by atoms with Gasteiger partial charge in [-0.25, -0.2) is 24.9 Å². The lowest BCUT2D eigenvalue weighted by Crippen LogP contribution is -2.04. The van der Waals surface area contributed by atoms with Gasteiger partial charge < -0.3 is 0 Å². The van der Waals surface area contributed by atoms with E-state index in [-0.39, 0.29) is 0 Å². The zero-order valence-electron chi connectivity index (χ0n) is 33.1. The van der Waals surface area contributed by atoms with Crippen molar-refractivity contribution in [3.63, 3.8) is 0 Å². The molecule has 0 bridgehead atoms. The van der Waals surface area contributed by atoms with Crippen molar-refractivity contribution in [2.75, 3.05) is 0 Å². The topological polar surface area (TPSA) is 64.5 Å². The first-order valence-electron chi connectivity index (χ1n) is 20.6. The van der Waals surface area contributed by atoms with E-state index < -0.39 is 0 Å². The number of aromatic nitrogens is 5. The molecule has 0 aliphatic heterocycles. The lowest BCUT2D eigenvalue weighted by molar-refractivity contribution is 1.01. The summed E-state index contributed by atoms with van der Waals surface area (Å²) in [6.45, 7) is 0. The third-order valence-corrected chi connectivity index (χ3v) is 11.0. The molecule has 2 aromatic heterocycles. The van der Waals surface area contributed by atoms with E-state index in [1.807, 2.05) is 42.5 Å². The number of nitrogens with zero attached hydrogens (tertiary/aromatic N) is 5. The van der Waals surface area contributed by atoms with E-state index >= 15 is 0 Å². The van der Waals surface area contributed by atoms with Crippen LogP contribution in [0.2, 0.25) is 0 Å². The highest BCUT2D eigenvalue weighted by Crippen LogP contribution is 2.37. The Bertz CT molecular complexity index is 2930. The number of rotatable bonds is 9. The molecule has 0 saturated carbocycles. The molecule has 286 valence electrons. The first-order valence-corrected chi connectivity index (χ1v) is 20.6. The molecule has 0 fully saturated rings. The second kappa shape index (κ2) is 16.7. The third kappa shape index (κ3) is 7.81. The van der Waals surface area contributed by atoms with Gasteiger partial charge in [0.15, 0.2) is 23.3 Å². The summed E-state index contributed by atoms with van der Waals surface area (Å²) < 4.78 is 0. The second-order valence-corrected chi connectivity index (χ2v) is 15.1. The van der Waals surface area contributed by atoms with E-state index in [2.05, 4.69) is 158 Å². The normalized spacial score (nSPS) is 13.5. The SMILES string of the molecule is C1=CC(c2ccc(-c3cc(-c4ccc(-c5cc(-c6ccccc6)ccc5-c5nc(C6=CCCC=C6)nc(-c6ccccc6)n5)cc4)nc(-c4ccccc4)n3)cc2)=CCC1. The van der Waals surface area contributed by atoms with Gasteiger partial charge in [0, 0.05) is 33.4 Å². The van der Waals surface area contributed by atoms with Crippen molar-refractivity contribution in [3.8, 4) is 78.9 Å². The highest BCUT2D eigenvalue weighted by Gasteiger charge is 2.18. The minimum Gasteiger partial charge on any atom is -0.228 e. The highest BCUT2D eigenvalue weighted by molar-refractivity contribution is 5.87. The standard InChI is InChI=1S/C55H41N5/c1-6-16-38(17-7-1)40-26-30-42(31-27-40)50-37-51(57-52(56-50)44-20-10-3-11-21-44)43-32-28-41(29-33-43)49-36-47(39-18-8-2-9-19-39)34-35-48(49)55-59-53(45-22-12-4-13-23-45)58-54(60-55)46-24-14-5-15-25-46/h2-4,6,8-14,16-37H,1,5,7,15H2. The Morgan fingerprint density at radius 1 is 0.283 bits per heavy atom. The van der Waals surface area contributed by atoms with Gasteiger partial charge in [-0.15, -0.1) is 0 Å². The lowest BCUT2D eigenvalue weighted by Gasteiger charge is -2.15. The number of hydrogen-bond acceptors (Lipinski definition) is 5. The van der Waals surface area contributed by atoms with Crippen LogP contribution in [0.3, 0.4) is 0 Å². The molecule has 2 aliphatic carbocycles. The predicted octanol–water partition coefficient (Wildman–Crippen LogP) is 13.8. The molecular formula is C55H41N5. The summed E-state index contributed by atoms with van der Waals surface area (Å²) in [6.07, 6.45) is 17.5. The fourth-order valence-electron chi connectivity index (χ4n) is 7.85. The minimum atomic E-state index is 0.632. The smallest absolute Gasteiger partial charge is 0.164 e. The maximum atomic E-state index is 5.15. The van der Waals surface area contributed by atoms with Crippen LogP contribution >= 0.6 is 0 Å². The molecule has 0 unspecified atom stereocenters. The maximum Gasteiger partial charge on any atom is 0.164 e. The van der Waals surface area contributed by atoms with Crippen molar-refractivity contribution in [1.82, 2.24) is 24.9 Å². The Kier molecular flexibility index (Phi) is 10.2. The van der Waals surface area contributed by atoms with Crippen LogP contribution < -0.4 is 0 Å². The van der Waals surface area contributed by atoms with Crippen LogP contribution in [-0.4, -0.2) is 24.9 Å². The number of hydrogen-bond donors (Lipinski definition) is 0. The molecular weight excluding hydrogens is 731 g/mol. The van der Waals surface area contributed by atoms with Crippen LogP contribution in [0, 0.1) is 0 Å². The van der Waals surface area contributed by atoms with Gasteiger partial charge in [0.1, 0.15) is 0 Å². The van der Waals surface area contributed by atoms with E-state index in [1.165, 1.54) is 11.1 Å². The Hall–Kier alpha value is -7.63. The number of benzene rings is 6. The van der Waals surface area contributed by atoms with Gasteiger partial charge in [-0.05, 0) is 77.3 Å². The summed E-state index contributed by atoms with van der Waals surface area (Å²) in [6, 6.07) is 56.9. The van der Waals surface area contributed by atoms with Gasteiger partial charge in [-0.1, -0.05) is 182 Å². The molecule has 5 heteroatoms. The zero-order chi connectivity index (χ0) is 40.1. The summed E-state index contributed by atoms with van der Waals surface area (Å²) >= 11 is 0. The van der Waals surface area contributed by atoms with Gasteiger partial charge in [0.05, 0.1) is 11.4 Å². The van der Waals surface area contributed by atoms with Gasteiger partial charge in [0.25, 0.3) is 0 Å². The molecule has 0 saturated heterocycles. The first-order chi connectivity index (χ1) is 29.7. The molecule has 0 radical (unpaired) electrons. The molecule has 0 spiro atoms. The molecule has 0 N–H and O–H groups in total. The Labute approximate surface area is 351 Å². The summed E-state index contributed by atoms with van der Waals surface area (Å²) in [4.78, 5) is 25.5. The molecule has 0 amide bonds. The fraction of sp³-hybridized carbons (Fsp3) is 0.0727. The summed E-state index contributed by atoms with van der Waals surface area (Å²) in [5.74, 6) is 2.65. The fourth-order valence-corrected chi connectivity index (χ4v) is 7.85. The molecule has 2 heterocycles. The molecule has 60 heavy (non-hydrogen) atoms. The molecule has 2 aliphatic rings. The average molecular weight is 772 g/mol. The van der Waals surface area contributed by atoms with Crippen LogP contribution in [0.15, 0.2) is 200 Å². The monoisotopic (exact) mass is 771 g/mol. The average Bonchev–Trinajstić information content (AvgIpc) is 3.35. The van der Waals surface area contributed by atoms with E-state index in [9.17, 15) is 0 Å². The molecule has 6 aromatic carbocycles. The Balaban J connectivity index is 1.08. The molecule has 8 aromatic rings. The summed E-state index contributed by atoms with van der Waals surface area (Å²) in [7, 11) is 0. The lowest BCUT2D eigenvalue weighted by atomic mass is 9.93. The van der Waals surface area contributed by atoms with Gasteiger partial charge in [0.2, 0.25) is 0 Å². The highest BCUT2D eigenvalue weighted by atomic mass is 15.0. The van der Waals surface area contributed by atoms with Crippen molar-refractivity contribution in [2.24, 2.45) is 0 Å². The summed E-state index contributed by atoms with van der Waals surface area (Å²) in [5, 5.41) is 0. The quantitative estimate of drug-likeness (QED) is 0.146. The van der Waals surface area contributed by atoms with Crippen LogP contribution in [-0.2, 0) is 0 Å². The van der Waals surface area contributed by atoms with Crippen molar-refractivity contribution in [1.29, 1.82) is 0 Å². The Morgan fingerprint density at radius 2 is 0.750 bits per heavy atom. The second-order valence-electron chi connectivity index (χ2n) is 15.1. The van der Waals surface area contributed by atoms with E-state index in [1.54, 1.807) is 0 Å². The van der Waals surface area contributed by atoms with Gasteiger partial charge >= 0.3 is 0 Å². The van der Waals surface area contributed by atoms with E-state index in [0.29, 0.717) is 23.3 Å². The molecule has 10 rings (SSSR count). The van der Waals surface area contributed by atoms with Gasteiger partial charge in [-0.3, -0.25) is 0 Å². The zero-order valence-corrected chi connectivity index (χ0v) is 33.1. The Morgan fingerprint density at radius 3 is 1.32 bits per heavy atom. The van der Waals surface area contributed by atoms with Crippen LogP contribution in [0.1, 0.15) is 37.1 Å². The van der Waals surface area contributed by atoms with Crippen molar-refractivity contribution >= 4 is 11.1 Å². The van der Waals surface area contributed by atoms with Gasteiger partial charge in [-0.2, -0.15) is 0 Å². The van der Waals surface area contributed by atoms with Crippen LogP contribution in [0.5, 0.6) is 0 Å². The van der Waals surface area contributed by atoms with Crippen molar-refractivity contribution < 1.29 is 0 Å². The molecule has 0 atom stereocenters. The maximum absolute atomic E-state index is 5.15. The largest absolute Gasteiger partial charge is 0.228 e. The summed E-state index contributed by atoms with van der Waals surface area (Å²) in [5.41, 5.74) is 14.5. The van der Waals surface area contributed by atoms with E-state index in [0.717, 1.165) is 92.7 Å². The van der Waals surface area contributed by atoms with Crippen LogP contribution in [0.25, 0.3) is 90.1 Å². The van der Waals surface area contributed by atoms with Crippen molar-refractivity contribution in [3.05, 3.63) is 212 Å². The van der Waals surface area contributed by atoms with Crippen molar-refractivity contribution in [2.45, 2.75) is 25.7 Å².